The number of halogens is 2. The van der Waals surface area contributed by atoms with Gasteiger partial charge in [0.25, 0.3) is 0 Å². The van der Waals surface area contributed by atoms with E-state index in [2.05, 4.69) is 11.1 Å². The second-order valence-electron chi connectivity index (χ2n) is 8.15. The van der Waals surface area contributed by atoms with Crippen molar-refractivity contribution in [2.24, 2.45) is 4.99 Å². The molecular weight excluding hydrogens is 503 g/mol. The Bertz CT molecular complexity index is 1600. The highest BCUT2D eigenvalue weighted by Gasteiger charge is 2.22. The molecular formula is C31H20Cl2N2O2. The summed E-state index contributed by atoms with van der Waals surface area (Å²) < 4.78 is 12.2. The lowest BCUT2D eigenvalue weighted by Crippen LogP contribution is -1.99. The van der Waals surface area contributed by atoms with E-state index in [0.29, 0.717) is 32.7 Å². The fourth-order valence-electron chi connectivity index (χ4n) is 3.93. The summed E-state index contributed by atoms with van der Waals surface area (Å²) in [6.07, 6.45) is 1.64. The third-order valence-corrected chi connectivity index (χ3v) is 6.33. The Labute approximate surface area is 225 Å². The van der Waals surface area contributed by atoms with Crippen molar-refractivity contribution in [1.29, 1.82) is 5.26 Å². The predicted octanol–water partition coefficient (Wildman–Crippen LogP) is 9.12. The lowest BCUT2D eigenvalue weighted by molar-refractivity contribution is 0.306. The van der Waals surface area contributed by atoms with Crippen molar-refractivity contribution in [1.82, 2.24) is 0 Å². The van der Waals surface area contributed by atoms with Crippen molar-refractivity contribution >= 4 is 35.3 Å². The fourth-order valence-corrected chi connectivity index (χ4v) is 4.39. The van der Waals surface area contributed by atoms with E-state index in [-0.39, 0.29) is 12.5 Å². The van der Waals surface area contributed by atoms with Gasteiger partial charge in [-0.2, -0.15) is 5.26 Å². The quantitative estimate of drug-likeness (QED) is 0.200. The zero-order chi connectivity index (χ0) is 25.6. The summed E-state index contributed by atoms with van der Waals surface area (Å²) in [5.41, 5.74) is 4.37. The molecule has 0 radical (unpaired) electrons. The predicted molar refractivity (Wildman–Crippen MR) is 149 cm³/mol. The number of rotatable bonds is 7. The van der Waals surface area contributed by atoms with Gasteiger partial charge in [0, 0.05) is 38.5 Å². The molecule has 0 bridgehead atoms. The molecule has 4 aromatic carbocycles. The van der Waals surface area contributed by atoms with Gasteiger partial charge in [-0.25, -0.2) is 4.99 Å². The van der Waals surface area contributed by atoms with Crippen LogP contribution in [0.3, 0.4) is 0 Å². The molecule has 37 heavy (non-hydrogen) atoms. The van der Waals surface area contributed by atoms with Crippen LogP contribution in [0.5, 0.6) is 5.75 Å². The molecule has 0 atom stereocenters. The first-order valence-electron chi connectivity index (χ1n) is 11.5. The Morgan fingerprint density at radius 2 is 1.51 bits per heavy atom. The molecule has 0 spiro atoms. The van der Waals surface area contributed by atoms with Gasteiger partial charge < -0.3 is 9.15 Å². The summed E-state index contributed by atoms with van der Waals surface area (Å²) in [6, 6.07) is 34.5. The van der Waals surface area contributed by atoms with Crippen LogP contribution in [-0.4, -0.2) is 6.21 Å². The first-order chi connectivity index (χ1) is 18.1. The molecule has 1 heterocycles. The van der Waals surface area contributed by atoms with Crippen LogP contribution >= 0.6 is 23.2 Å². The van der Waals surface area contributed by atoms with E-state index in [1.807, 2.05) is 91.0 Å². The van der Waals surface area contributed by atoms with Crippen LogP contribution in [0.15, 0.2) is 113 Å². The Balaban J connectivity index is 1.51. The van der Waals surface area contributed by atoms with Gasteiger partial charge in [-0.3, -0.25) is 0 Å². The summed E-state index contributed by atoms with van der Waals surface area (Å²) in [7, 11) is 0. The highest BCUT2D eigenvalue weighted by Crippen LogP contribution is 2.42. The van der Waals surface area contributed by atoms with Crippen molar-refractivity contribution in [2.45, 2.75) is 6.61 Å². The minimum Gasteiger partial charge on any atom is -0.488 e. The van der Waals surface area contributed by atoms with Crippen LogP contribution in [0, 0.1) is 11.3 Å². The van der Waals surface area contributed by atoms with Gasteiger partial charge in [-0.15, -0.1) is 0 Å². The Morgan fingerprint density at radius 3 is 2.22 bits per heavy atom. The highest BCUT2D eigenvalue weighted by atomic mass is 35.5. The third-order valence-electron chi connectivity index (χ3n) is 5.74. The van der Waals surface area contributed by atoms with Gasteiger partial charge >= 0.3 is 0 Å². The molecule has 0 aliphatic rings. The van der Waals surface area contributed by atoms with Gasteiger partial charge in [0.1, 0.15) is 29.7 Å². The van der Waals surface area contributed by atoms with Crippen molar-refractivity contribution in [3.8, 4) is 34.3 Å². The first kappa shape index (κ1) is 24.4. The molecule has 0 aliphatic carbocycles. The normalized spacial score (nSPS) is 10.9. The number of aliphatic imine (C=N–C) groups is 1. The number of hydrogen-bond acceptors (Lipinski definition) is 4. The number of para-hydroxylation sites is 1. The van der Waals surface area contributed by atoms with E-state index < -0.39 is 0 Å². The monoisotopic (exact) mass is 522 g/mol. The number of nitrogens with zero attached hydrogens (tertiary/aromatic N) is 2. The van der Waals surface area contributed by atoms with E-state index in [0.717, 1.165) is 22.3 Å². The molecule has 5 aromatic rings. The average molecular weight is 523 g/mol. The molecule has 1 aromatic heterocycles. The molecule has 180 valence electrons. The largest absolute Gasteiger partial charge is 0.488 e. The van der Waals surface area contributed by atoms with E-state index >= 15 is 0 Å². The molecule has 0 fully saturated rings. The van der Waals surface area contributed by atoms with Crippen LogP contribution in [-0.2, 0) is 6.61 Å². The minimum atomic E-state index is 0.232. The van der Waals surface area contributed by atoms with Gasteiger partial charge in [0.2, 0.25) is 5.88 Å². The molecule has 4 nitrogen and oxygen atoms in total. The van der Waals surface area contributed by atoms with Crippen molar-refractivity contribution in [3.05, 3.63) is 130 Å². The molecule has 5 rings (SSSR count). The van der Waals surface area contributed by atoms with E-state index in [4.69, 9.17) is 32.4 Å². The molecule has 0 amide bonds. The summed E-state index contributed by atoms with van der Waals surface area (Å²) >= 11 is 12.3. The van der Waals surface area contributed by atoms with Gasteiger partial charge in [-0.1, -0.05) is 102 Å². The molecule has 0 N–H and O–H groups in total. The topological polar surface area (TPSA) is 58.5 Å². The van der Waals surface area contributed by atoms with E-state index in [9.17, 15) is 5.26 Å². The maximum absolute atomic E-state index is 10.1. The smallest absolute Gasteiger partial charge is 0.238 e. The molecule has 6 heteroatoms. The van der Waals surface area contributed by atoms with Crippen LogP contribution in [0.1, 0.15) is 16.7 Å². The number of nitriles is 1. The lowest BCUT2D eigenvalue weighted by Gasteiger charge is -2.10. The van der Waals surface area contributed by atoms with Crippen molar-refractivity contribution in [3.63, 3.8) is 0 Å². The van der Waals surface area contributed by atoms with Gasteiger partial charge in [0.15, 0.2) is 0 Å². The molecule has 0 saturated carbocycles. The lowest BCUT2D eigenvalue weighted by atomic mass is 9.98. The standard InChI is InChI=1S/C31H20Cl2N2O2/c32-25-16-15-24(27(33)17-25)20-36-28-14-8-7-13-23(28)19-35-31-26(18-34)29(21-9-3-1-4-10-21)30(37-31)22-11-5-2-6-12-22/h1-17,19H,20H2. The zero-order valence-electron chi connectivity index (χ0n) is 19.6. The van der Waals surface area contributed by atoms with Crippen molar-refractivity contribution < 1.29 is 9.15 Å². The summed E-state index contributed by atoms with van der Waals surface area (Å²) in [4.78, 5) is 4.59. The number of furan rings is 1. The SMILES string of the molecule is N#Cc1c(N=Cc2ccccc2OCc2ccc(Cl)cc2Cl)oc(-c2ccccc2)c1-c1ccccc1. The molecule has 0 saturated heterocycles. The second kappa shape index (κ2) is 11.2. The van der Waals surface area contributed by atoms with Gasteiger partial charge in [0.05, 0.1) is 0 Å². The van der Waals surface area contributed by atoms with Crippen LogP contribution < -0.4 is 4.74 Å². The number of hydrogen-bond donors (Lipinski definition) is 0. The summed E-state index contributed by atoms with van der Waals surface area (Å²) in [5.74, 6) is 1.45. The second-order valence-corrected chi connectivity index (χ2v) is 8.99. The number of ether oxygens (including phenoxy) is 1. The molecule has 0 aliphatic heterocycles. The summed E-state index contributed by atoms with van der Waals surface area (Å²) in [6.45, 7) is 0.265. The van der Waals surface area contributed by atoms with E-state index in [1.165, 1.54) is 0 Å². The van der Waals surface area contributed by atoms with Gasteiger partial charge in [-0.05, 0) is 29.8 Å². The highest BCUT2D eigenvalue weighted by molar-refractivity contribution is 6.35. The fraction of sp³-hybridized carbons (Fsp3) is 0.0323. The maximum Gasteiger partial charge on any atom is 0.238 e. The van der Waals surface area contributed by atoms with Crippen molar-refractivity contribution in [2.75, 3.05) is 0 Å². The first-order valence-corrected chi connectivity index (χ1v) is 12.3. The Kier molecular flexibility index (Phi) is 7.37. The number of benzene rings is 4. The zero-order valence-corrected chi connectivity index (χ0v) is 21.1. The third kappa shape index (κ3) is 5.44. The Hall–Kier alpha value is -4.30. The van der Waals surface area contributed by atoms with Crippen LogP contribution in [0.2, 0.25) is 10.0 Å². The van der Waals surface area contributed by atoms with E-state index in [1.54, 1.807) is 18.3 Å². The molecule has 0 unspecified atom stereocenters. The van der Waals surface area contributed by atoms with Crippen LogP contribution in [0.4, 0.5) is 5.88 Å². The summed E-state index contributed by atoms with van der Waals surface area (Å²) in [5, 5.41) is 11.2. The minimum absolute atomic E-state index is 0.232. The Morgan fingerprint density at radius 1 is 0.838 bits per heavy atom. The van der Waals surface area contributed by atoms with Crippen LogP contribution in [0.25, 0.3) is 22.5 Å². The maximum atomic E-state index is 10.1. The average Bonchev–Trinajstić information content (AvgIpc) is 3.31.